The smallest absolute Gasteiger partial charge is 0.118 e. The molecule has 5 rings (SSSR count). The van der Waals surface area contributed by atoms with Crippen LogP contribution < -0.4 is 4.90 Å². The van der Waals surface area contributed by atoms with Crippen LogP contribution >= 0.6 is 0 Å². The summed E-state index contributed by atoms with van der Waals surface area (Å²) in [7, 11) is 0. The minimum atomic E-state index is 0.246. The molecule has 0 spiro atoms. The van der Waals surface area contributed by atoms with E-state index in [4.69, 9.17) is 4.98 Å². The third-order valence-corrected chi connectivity index (χ3v) is 8.62. The number of hydrogen-bond donors (Lipinski definition) is 0. The van der Waals surface area contributed by atoms with Crippen LogP contribution in [0, 0.1) is 5.92 Å². The molecule has 4 unspecified atom stereocenters. The summed E-state index contributed by atoms with van der Waals surface area (Å²) in [4.78, 5) is 10.5. The summed E-state index contributed by atoms with van der Waals surface area (Å²) in [6.07, 6.45) is 12.1. The quantitative estimate of drug-likeness (QED) is 0.455. The van der Waals surface area contributed by atoms with Gasteiger partial charge in [0, 0.05) is 48.7 Å². The van der Waals surface area contributed by atoms with Gasteiger partial charge in [0.15, 0.2) is 0 Å². The van der Waals surface area contributed by atoms with Gasteiger partial charge in [-0.2, -0.15) is 0 Å². The van der Waals surface area contributed by atoms with Crippen molar-refractivity contribution in [2.75, 3.05) is 24.5 Å². The standard InChI is InChI=1S/C29H42N4/c1-6-16-32-21(3)12-13-25-26(32)14-15-27-28(25)30-29(22(4)23(5)31-17-7-8-18-31)33(27)24-11-9-10-20(2)19-24/h6,14-15,20-22,24H,1,5,7-13,16-19H2,2-4H3. The molecule has 0 radical (unpaired) electrons. The van der Waals surface area contributed by atoms with E-state index in [9.17, 15) is 0 Å². The van der Waals surface area contributed by atoms with Crippen molar-refractivity contribution in [1.82, 2.24) is 14.5 Å². The number of allylic oxidation sites excluding steroid dienone is 1. The van der Waals surface area contributed by atoms with E-state index in [1.807, 2.05) is 6.08 Å². The summed E-state index contributed by atoms with van der Waals surface area (Å²) in [5.41, 5.74) is 6.64. The minimum absolute atomic E-state index is 0.246. The average Bonchev–Trinajstić information content (AvgIpc) is 3.48. The number of fused-ring (bicyclic) bond motifs is 3. The zero-order valence-electron chi connectivity index (χ0n) is 21.0. The Balaban J connectivity index is 1.63. The van der Waals surface area contributed by atoms with Crippen LogP contribution in [0.2, 0.25) is 0 Å². The Labute approximate surface area is 200 Å². The number of aromatic nitrogens is 2. The average molecular weight is 447 g/mol. The number of benzene rings is 1. The van der Waals surface area contributed by atoms with Gasteiger partial charge in [-0.1, -0.05) is 32.4 Å². The fourth-order valence-electron chi connectivity index (χ4n) is 6.66. The van der Waals surface area contributed by atoms with Gasteiger partial charge in [-0.25, -0.2) is 4.98 Å². The van der Waals surface area contributed by atoms with Gasteiger partial charge in [0.05, 0.1) is 17.0 Å². The molecule has 178 valence electrons. The van der Waals surface area contributed by atoms with Crippen molar-refractivity contribution < 1.29 is 0 Å². The molecule has 0 N–H and O–H groups in total. The van der Waals surface area contributed by atoms with Gasteiger partial charge in [0.1, 0.15) is 5.82 Å². The van der Waals surface area contributed by atoms with Crippen LogP contribution in [0.15, 0.2) is 37.1 Å². The number of hydrogen-bond acceptors (Lipinski definition) is 3. The van der Waals surface area contributed by atoms with E-state index in [0.29, 0.717) is 12.1 Å². The molecular weight excluding hydrogens is 404 g/mol. The van der Waals surface area contributed by atoms with Crippen LogP contribution in [0.1, 0.15) is 89.1 Å². The Morgan fingerprint density at radius 3 is 2.67 bits per heavy atom. The van der Waals surface area contributed by atoms with Crippen LogP contribution in [-0.2, 0) is 6.42 Å². The highest BCUT2D eigenvalue weighted by molar-refractivity contribution is 5.86. The first-order valence-corrected chi connectivity index (χ1v) is 13.3. The fraction of sp³-hybridized carbons (Fsp3) is 0.621. The zero-order chi connectivity index (χ0) is 23.1. The predicted octanol–water partition coefficient (Wildman–Crippen LogP) is 6.83. The summed E-state index contributed by atoms with van der Waals surface area (Å²) in [5.74, 6) is 2.27. The molecule has 3 heterocycles. The molecule has 2 aliphatic heterocycles. The summed E-state index contributed by atoms with van der Waals surface area (Å²) >= 11 is 0. The molecule has 1 aromatic heterocycles. The molecule has 1 saturated carbocycles. The Morgan fingerprint density at radius 1 is 1.15 bits per heavy atom. The molecule has 4 heteroatoms. The second kappa shape index (κ2) is 9.19. The molecule has 3 aliphatic rings. The van der Waals surface area contributed by atoms with Gasteiger partial charge in [-0.15, -0.1) is 6.58 Å². The van der Waals surface area contributed by atoms with E-state index in [2.05, 4.69) is 60.4 Å². The lowest BCUT2D eigenvalue weighted by Gasteiger charge is -2.36. The van der Waals surface area contributed by atoms with E-state index in [1.54, 1.807) is 0 Å². The SMILES string of the molecule is C=CCN1c2ccc3c(nc(C(C)C(=C)N4CCCC4)n3C3CCCC(C)C3)c2CCC1C. The van der Waals surface area contributed by atoms with Crippen molar-refractivity contribution in [3.8, 4) is 0 Å². The van der Waals surface area contributed by atoms with Crippen LogP contribution in [0.3, 0.4) is 0 Å². The molecule has 4 nitrogen and oxygen atoms in total. The third kappa shape index (κ3) is 4.00. The number of aryl methyl sites for hydroxylation is 1. The van der Waals surface area contributed by atoms with Crippen molar-refractivity contribution in [3.63, 3.8) is 0 Å². The molecule has 1 saturated heterocycles. The monoisotopic (exact) mass is 446 g/mol. The molecule has 1 aliphatic carbocycles. The first kappa shape index (κ1) is 22.6. The Morgan fingerprint density at radius 2 is 1.94 bits per heavy atom. The molecule has 0 amide bonds. The van der Waals surface area contributed by atoms with Gasteiger partial charge in [0.25, 0.3) is 0 Å². The molecule has 0 bridgehead atoms. The third-order valence-electron chi connectivity index (χ3n) is 8.62. The number of rotatable bonds is 6. The number of imidazole rings is 1. The lowest BCUT2D eigenvalue weighted by Crippen LogP contribution is -2.37. The van der Waals surface area contributed by atoms with Crippen molar-refractivity contribution in [3.05, 3.63) is 48.5 Å². The van der Waals surface area contributed by atoms with Gasteiger partial charge in [-0.3, -0.25) is 0 Å². The first-order valence-electron chi connectivity index (χ1n) is 13.3. The van der Waals surface area contributed by atoms with Crippen molar-refractivity contribution in [2.24, 2.45) is 5.92 Å². The van der Waals surface area contributed by atoms with E-state index < -0.39 is 0 Å². The topological polar surface area (TPSA) is 24.3 Å². The van der Waals surface area contributed by atoms with Crippen LogP contribution in [0.25, 0.3) is 11.0 Å². The Kier molecular flexibility index (Phi) is 6.28. The molecular formula is C29H42N4. The second-order valence-electron chi connectivity index (χ2n) is 10.9. The van der Waals surface area contributed by atoms with Crippen LogP contribution in [0.4, 0.5) is 5.69 Å². The number of likely N-dealkylation sites (tertiary alicyclic amines) is 1. The van der Waals surface area contributed by atoms with Crippen molar-refractivity contribution in [1.29, 1.82) is 0 Å². The maximum atomic E-state index is 5.46. The fourth-order valence-corrected chi connectivity index (χ4v) is 6.66. The second-order valence-corrected chi connectivity index (χ2v) is 10.9. The van der Waals surface area contributed by atoms with Crippen molar-refractivity contribution >= 4 is 16.7 Å². The lowest BCUT2D eigenvalue weighted by atomic mass is 9.86. The normalized spacial score (nSPS) is 26.5. The Hall–Kier alpha value is -2.23. The Bertz CT molecular complexity index is 1030. The first-order chi connectivity index (χ1) is 16.0. The zero-order valence-corrected chi connectivity index (χ0v) is 21.0. The highest BCUT2D eigenvalue weighted by Gasteiger charge is 2.32. The molecule has 1 aromatic carbocycles. The number of nitrogens with zero attached hydrogens (tertiary/aromatic N) is 4. The van der Waals surface area contributed by atoms with E-state index in [-0.39, 0.29) is 5.92 Å². The molecule has 2 fully saturated rings. The van der Waals surface area contributed by atoms with Crippen LogP contribution in [0.5, 0.6) is 0 Å². The van der Waals surface area contributed by atoms with Gasteiger partial charge in [-0.05, 0) is 70.4 Å². The molecule has 2 aromatic rings. The summed E-state index contributed by atoms with van der Waals surface area (Å²) in [5, 5.41) is 0. The molecule has 4 atom stereocenters. The summed E-state index contributed by atoms with van der Waals surface area (Å²) in [6, 6.07) is 5.82. The van der Waals surface area contributed by atoms with Gasteiger partial charge < -0.3 is 14.4 Å². The van der Waals surface area contributed by atoms with Gasteiger partial charge in [0.2, 0.25) is 0 Å². The maximum Gasteiger partial charge on any atom is 0.118 e. The van der Waals surface area contributed by atoms with Crippen molar-refractivity contribution in [2.45, 2.75) is 90.1 Å². The highest BCUT2D eigenvalue weighted by Crippen LogP contribution is 2.42. The maximum absolute atomic E-state index is 5.46. The summed E-state index contributed by atoms with van der Waals surface area (Å²) in [6.45, 7) is 18.9. The lowest BCUT2D eigenvalue weighted by molar-refractivity contribution is 0.279. The summed E-state index contributed by atoms with van der Waals surface area (Å²) < 4.78 is 2.65. The number of anilines is 1. The van der Waals surface area contributed by atoms with Crippen LogP contribution in [-0.4, -0.2) is 40.1 Å². The van der Waals surface area contributed by atoms with Gasteiger partial charge >= 0.3 is 0 Å². The minimum Gasteiger partial charge on any atom is -0.375 e. The van der Waals surface area contributed by atoms with E-state index in [1.165, 1.54) is 78.8 Å². The highest BCUT2D eigenvalue weighted by atomic mass is 15.2. The van der Waals surface area contributed by atoms with E-state index >= 15 is 0 Å². The molecule has 33 heavy (non-hydrogen) atoms. The largest absolute Gasteiger partial charge is 0.375 e. The van der Waals surface area contributed by atoms with E-state index in [0.717, 1.165) is 32.0 Å². The predicted molar refractivity (Wildman–Crippen MR) is 140 cm³/mol.